The minimum atomic E-state index is -1.28. The van der Waals surface area contributed by atoms with Crippen molar-refractivity contribution in [1.29, 1.82) is 0 Å². The molecule has 4 nitrogen and oxygen atoms in total. The van der Waals surface area contributed by atoms with Gasteiger partial charge < -0.3 is 10.1 Å². The lowest BCUT2D eigenvalue weighted by Gasteiger charge is -2.00. The van der Waals surface area contributed by atoms with Crippen LogP contribution in [0.15, 0.2) is 12.3 Å². The highest BCUT2D eigenvalue weighted by Crippen LogP contribution is 2.22. The molecule has 0 atom stereocenters. The van der Waals surface area contributed by atoms with Crippen LogP contribution in [-0.4, -0.2) is 21.0 Å². The Morgan fingerprint density at radius 1 is 1.64 bits per heavy atom. The summed E-state index contributed by atoms with van der Waals surface area (Å²) in [5.74, 6) is -2.07. The van der Waals surface area contributed by atoms with Gasteiger partial charge in [0, 0.05) is 11.6 Å². The number of H-pyrrole nitrogens is 1. The highest BCUT2D eigenvalue weighted by atomic mass is 127. The van der Waals surface area contributed by atoms with E-state index in [-0.39, 0.29) is 14.7 Å². The third-order valence-corrected chi connectivity index (χ3v) is 2.53. The van der Waals surface area contributed by atoms with Crippen molar-refractivity contribution < 1.29 is 14.3 Å². The van der Waals surface area contributed by atoms with Crippen LogP contribution in [0.4, 0.5) is 4.39 Å². The molecule has 0 aliphatic heterocycles. The number of rotatable bonds is 1. The second-order valence-electron chi connectivity index (χ2n) is 2.64. The zero-order valence-electron chi connectivity index (χ0n) is 6.71. The lowest BCUT2D eigenvalue weighted by atomic mass is 10.2. The predicted octanol–water partition coefficient (Wildman–Crippen LogP) is 2.00. The number of carboxylic acid groups (broad SMARTS) is 1. The maximum absolute atomic E-state index is 13.4. The van der Waals surface area contributed by atoms with Crippen LogP contribution >= 0.6 is 22.6 Å². The van der Waals surface area contributed by atoms with Crippen LogP contribution in [0.2, 0.25) is 0 Å². The summed E-state index contributed by atoms with van der Waals surface area (Å²) in [7, 11) is 0. The summed E-state index contributed by atoms with van der Waals surface area (Å²) in [5, 5.41) is 9.11. The Balaban J connectivity index is 2.93. The summed E-state index contributed by atoms with van der Waals surface area (Å²) in [4.78, 5) is 17.4. The van der Waals surface area contributed by atoms with E-state index in [1.165, 1.54) is 12.3 Å². The number of hydrogen-bond donors (Lipinski definition) is 2. The third-order valence-electron chi connectivity index (χ3n) is 1.82. The van der Waals surface area contributed by atoms with Gasteiger partial charge in [-0.1, -0.05) is 0 Å². The molecule has 2 N–H and O–H groups in total. The van der Waals surface area contributed by atoms with Crippen LogP contribution in [0, 0.1) is 9.52 Å². The molecule has 72 valence electrons. The quantitative estimate of drug-likeness (QED) is 0.625. The monoisotopic (exact) mass is 306 g/mol. The van der Waals surface area contributed by atoms with Crippen LogP contribution in [0.25, 0.3) is 11.0 Å². The molecule has 0 unspecified atom stereocenters. The van der Waals surface area contributed by atoms with Crippen LogP contribution in [0.3, 0.4) is 0 Å². The number of hydrogen-bond acceptors (Lipinski definition) is 2. The Kier molecular flexibility index (Phi) is 2.14. The van der Waals surface area contributed by atoms with Crippen molar-refractivity contribution in [2.24, 2.45) is 0 Å². The number of aromatic amines is 1. The largest absolute Gasteiger partial charge is 0.478 e. The van der Waals surface area contributed by atoms with Crippen molar-refractivity contribution in [2.75, 3.05) is 0 Å². The van der Waals surface area contributed by atoms with Crippen molar-refractivity contribution >= 4 is 39.6 Å². The molecule has 0 aliphatic rings. The molecule has 0 bridgehead atoms. The van der Waals surface area contributed by atoms with E-state index >= 15 is 0 Å². The first-order chi connectivity index (χ1) is 6.61. The van der Waals surface area contributed by atoms with Crippen LogP contribution in [0.1, 0.15) is 10.4 Å². The van der Waals surface area contributed by atoms with Gasteiger partial charge in [0.1, 0.15) is 14.9 Å². The Labute approximate surface area is 91.3 Å². The first-order valence-corrected chi connectivity index (χ1v) is 4.74. The van der Waals surface area contributed by atoms with Crippen LogP contribution in [0.5, 0.6) is 0 Å². The number of nitrogens with one attached hydrogen (secondary N) is 1. The zero-order chi connectivity index (χ0) is 10.3. The van der Waals surface area contributed by atoms with Crippen LogP contribution in [-0.2, 0) is 0 Å². The minimum absolute atomic E-state index is 0.0509. The maximum atomic E-state index is 13.4. The minimum Gasteiger partial charge on any atom is -0.478 e. The number of carboxylic acids is 1. The molecular formula is C8H4FIN2O2. The fraction of sp³-hybridized carbons (Fsp3) is 0. The van der Waals surface area contributed by atoms with Gasteiger partial charge in [0.25, 0.3) is 0 Å². The smallest absolute Gasteiger partial charge is 0.339 e. The standard InChI is InChI=1S/C8H4FIN2O2/c9-5-4(8(13)14)3-1-2-11-7(3)12-6(5)10/h1-2H,(H,11,12)(H,13,14). The molecule has 6 heteroatoms. The fourth-order valence-electron chi connectivity index (χ4n) is 1.23. The van der Waals surface area contributed by atoms with Gasteiger partial charge in [0.15, 0.2) is 5.82 Å². The lowest BCUT2D eigenvalue weighted by molar-refractivity contribution is 0.0694. The predicted molar refractivity (Wildman–Crippen MR) is 55.7 cm³/mol. The Bertz CT molecular complexity index is 523. The van der Waals surface area contributed by atoms with Gasteiger partial charge in [0.2, 0.25) is 0 Å². The normalized spacial score (nSPS) is 10.7. The van der Waals surface area contributed by atoms with Crippen molar-refractivity contribution in [1.82, 2.24) is 9.97 Å². The van der Waals surface area contributed by atoms with Crippen molar-refractivity contribution in [2.45, 2.75) is 0 Å². The first-order valence-electron chi connectivity index (χ1n) is 3.66. The molecule has 2 aromatic rings. The molecular weight excluding hydrogens is 302 g/mol. The van der Waals surface area contributed by atoms with Crippen LogP contribution < -0.4 is 0 Å². The third kappa shape index (κ3) is 1.26. The average Bonchev–Trinajstić information content (AvgIpc) is 2.52. The van der Waals surface area contributed by atoms with E-state index in [0.717, 1.165) is 0 Å². The number of nitrogens with zero attached hydrogens (tertiary/aromatic N) is 1. The van der Waals surface area contributed by atoms with Gasteiger partial charge in [0.05, 0.1) is 0 Å². The van der Waals surface area contributed by atoms with E-state index in [1.54, 1.807) is 22.6 Å². The highest BCUT2D eigenvalue weighted by Gasteiger charge is 2.19. The number of carbonyl (C=O) groups is 1. The van der Waals surface area contributed by atoms with E-state index in [2.05, 4.69) is 9.97 Å². The molecule has 2 aromatic heterocycles. The molecule has 0 fully saturated rings. The molecule has 0 aromatic carbocycles. The van der Waals surface area contributed by atoms with Gasteiger partial charge in [-0.2, -0.15) is 0 Å². The van der Waals surface area contributed by atoms with E-state index in [9.17, 15) is 9.18 Å². The second-order valence-corrected chi connectivity index (χ2v) is 3.66. The molecule has 0 amide bonds. The molecule has 2 heterocycles. The molecule has 0 radical (unpaired) electrons. The highest BCUT2D eigenvalue weighted by molar-refractivity contribution is 14.1. The summed E-state index contributed by atoms with van der Waals surface area (Å²) < 4.78 is 13.4. The lowest BCUT2D eigenvalue weighted by Crippen LogP contribution is -2.04. The van der Waals surface area contributed by atoms with Crippen molar-refractivity contribution in [3.8, 4) is 0 Å². The second kappa shape index (κ2) is 3.19. The number of aromatic nitrogens is 2. The Morgan fingerprint density at radius 2 is 2.36 bits per heavy atom. The summed E-state index contributed by atoms with van der Waals surface area (Å²) in [6.45, 7) is 0. The zero-order valence-corrected chi connectivity index (χ0v) is 8.87. The number of pyridine rings is 1. The summed E-state index contributed by atoms with van der Waals surface area (Å²) in [5.41, 5.74) is 0.0499. The van der Waals surface area contributed by atoms with E-state index in [1.807, 2.05) is 0 Å². The Morgan fingerprint density at radius 3 is 3.00 bits per heavy atom. The van der Waals surface area contributed by atoms with E-state index in [4.69, 9.17) is 5.11 Å². The van der Waals surface area contributed by atoms with Gasteiger partial charge in [-0.05, 0) is 28.7 Å². The van der Waals surface area contributed by atoms with E-state index < -0.39 is 11.8 Å². The molecule has 0 saturated carbocycles. The van der Waals surface area contributed by atoms with Gasteiger partial charge in [-0.25, -0.2) is 14.2 Å². The van der Waals surface area contributed by atoms with Gasteiger partial charge in [-0.3, -0.25) is 0 Å². The number of fused-ring (bicyclic) bond motifs is 1. The van der Waals surface area contributed by atoms with E-state index in [0.29, 0.717) is 5.65 Å². The fourth-order valence-corrected chi connectivity index (χ4v) is 1.74. The summed E-state index contributed by atoms with van der Waals surface area (Å²) in [6.07, 6.45) is 1.53. The molecule has 0 aliphatic carbocycles. The Hall–Kier alpha value is -1.18. The van der Waals surface area contributed by atoms with Gasteiger partial charge >= 0.3 is 5.97 Å². The molecule has 2 rings (SSSR count). The first kappa shape index (κ1) is 9.38. The van der Waals surface area contributed by atoms with Crippen molar-refractivity contribution in [3.05, 3.63) is 27.3 Å². The topological polar surface area (TPSA) is 66.0 Å². The summed E-state index contributed by atoms with van der Waals surface area (Å²) >= 11 is 1.66. The molecule has 0 spiro atoms. The van der Waals surface area contributed by atoms with Crippen molar-refractivity contribution in [3.63, 3.8) is 0 Å². The van der Waals surface area contributed by atoms with Gasteiger partial charge in [-0.15, -0.1) is 0 Å². The number of halogens is 2. The molecule has 14 heavy (non-hydrogen) atoms. The SMILES string of the molecule is O=C(O)c1c(F)c(I)nc2[nH]ccc12. The summed E-state index contributed by atoms with van der Waals surface area (Å²) in [6, 6.07) is 1.49. The molecule has 0 saturated heterocycles. The maximum Gasteiger partial charge on any atom is 0.339 e. The number of aromatic carboxylic acids is 1. The average molecular weight is 306 g/mol.